The maximum Gasteiger partial charge on any atom is 0.139 e. The van der Waals surface area contributed by atoms with Gasteiger partial charge in [-0.1, -0.05) is 59.7 Å². The Morgan fingerprint density at radius 3 is 0.825 bits per heavy atom. The largest absolute Gasteiger partial charge is 0.457 e. The molecule has 4 heteroatoms. The highest BCUT2D eigenvalue weighted by molar-refractivity contribution is 5.92. The maximum atomic E-state index is 6.30. The van der Waals surface area contributed by atoms with Crippen LogP contribution in [0.2, 0.25) is 0 Å². The van der Waals surface area contributed by atoms with Crippen LogP contribution in [0.15, 0.2) is 139 Å². The van der Waals surface area contributed by atoms with E-state index < -0.39 is 0 Å². The number of hydrogen-bond donors (Lipinski definition) is 0. The third kappa shape index (κ3) is 4.61. The first-order valence-corrected chi connectivity index (χ1v) is 13.2. The van der Waals surface area contributed by atoms with Gasteiger partial charge in [-0.05, 0) is 97.8 Å². The molecule has 0 spiro atoms. The first-order valence-electron chi connectivity index (χ1n) is 13.2. The highest BCUT2D eigenvalue weighted by Gasteiger charge is 2.11. The van der Waals surface area contributed by atoms with Crippen LogP contribution >= 0.6 is 0 Å². The van der Waals surface area contributed by atoms with Crippen molar-refractivity contribution in [3.05, 3.63) is 132 Å². The molecule has 7 rings (SSSR count). The molecule has 0 radical (unpaired) electrons. The average Bonchev–Trinajstić information content (AvgIpc) is 3.77. The van der Waals surface area contributed by atoms with E-state index in [0.717, 1.165) is 44.6 Å². The average molecular weight is 523 g/mol. The summed E-state index contributed by atoms with van der Waals surface area (Å²) in [6.07, 6.45) is 0. The topological polar surface area (TPSA) is 52.6 Å². The van der Waals surface area contributed by atoms with Crippen LogP contribution in [-0.2, 0) is 0 Å². The number of fused-ring (bicyclic) bond motifs is 8. The molecule has 4 nitrogen and oxygen atoms in total. The van der Waals surface area contributed by atoms with Gasteiger partial charge in [0.15, 0.2) is 0 Å². The summed E-state index contributed by atoms with van der Waals surface area (Å²) in [6.45, 7) is 4.15. The van der Waals surface area contributed by atoms with Crippen molar-refractivity contribution in [3.63, 3.8) is 0 Å². The van der Waals surface area contributed by atoms with Gasteiger partial charge in [-0.3, -0.25) is 0 Å². The van der Waals surface area contributed by atoms with Gasteiger partial charge in [-0.2, -0.15) is 0 Å². The van der Waals surface area contributed by atoms with Crippen molar-refractivity contribution >= 4 is 44.7 Å². The molecule has 0 amide bonds. The summed E-state index contributed by atoms with van der Waals surface area (Å²) < 4.78 is 25.2. The van der Waals surface area contributed by atoms with Crippen molar-refractivity contribution in [3.8, 4) is 22.3 Å². The van der Waals surface area contributed by atoms with E-state index in [4.69, 9.17) is 17.7 Å². The third-order valence-electron chi connectivity index (χ3n) is 7.00. The van der Waals surface area contributed by atoms with Crippen LogP contribution in [0.3, 0.4) is 0 Å². The zero-order valence-electron chi connectivity index (χ0n) is 22.2. The Balaban J connectivity index is 1.53. The molecule has 0 saturated heterocycles. The Morgan fingerprint density at radius 2 is 0.550 bits per heavy atom. The Morgan fingerprint density at radius 1 is 0.300 bits per heavy atom. The minimum absolute atomic E-state index is 0.712. The molecule has 0 unspecified atom stereocenters. The van der Waals surface area contributed by atoms with Gasteiger partial charge in [-0.25, -0.2) is 0 Å². The van der Waals surface area contributed by atoms with Crippen molar-refractivity contribution in [2.24, 2.45) is 0 Å². The van der Waals surface area contributed by atoms with Gasteiger partial charge >= 0.3 is 0 Å². The zero-order valence-corrected chi connectivity index (χ0v) is 22.2. The van der Waals surface area contributed by atoms with Gasteiger partial charge in [0.2, 0.25) is 0 Å². The molecule has 0 fully saturated rings. The summed E-state index contributed by atoms with van der Waals surface area (Å²) >= 11 is 0. The molecule has 5 aromatic heterocycles. The Labute approximate surface area is 230 Å². The monoisotopic (exact) mass is 522 g/mol. The molecule has 8 bridgehead atoms. The van der Waals surface area contributed by atoms with Gasteiger partial charge in [0, 0.05) is 0 Å². The molecule has 0 atom stereocenters. The minimum Gasteiger partial charge on any atom is -0.457 e. The molecule has 2 aromatic carbocycles. The van der Waals surface area contributed by atoms with E-state index >= 15 is 0 Å². The highest BCUT2D eigenvalue weighted by Crippen LogP contribution is 2.33. The molecule has 0 N–H and O–H groups in total. The van der Waals surface area contributed by atoms with Crippen LogP contribution in [0.1, 0.15) is 11.1 Å². The summed E-state index contributed by atoms with van der Waals surface area (Å²) in [5, 5.41) is 0. The second-order valence-corrected chi connectivity index (χ2v) is 9.96. The maximum absolute atomic E-state index is 6.30. The molecule has 5 heterocycles. The molecule has 194 valence electrons. The molecule has 0 aliphatic rings. The minimum atomic E-state index is 0.712. The number of rotatable bonds is 2. The van der Waals surface area contributed by atoms with Crippen molar-refractivity contribution in [2.75, 3.05) is 0 Å². The fourth-order valence-corrected chi connectivity index (χ4v) is 4.89. The van der Waals surface area contributed by atoms with Gasteiger partial charge < -0.3 is 17.7 Å². The van der Waals surface area contributed by atoms with E-state index in [1.807, 2.05) is 72.8 Å². The zero-order chi connectivity index (χ0) is 27.1. The Kier molecular flexibility index (Phi) is 5.86. The predicted molar refractivity (Wildman–Crippen MR) is 161 cm³/mol. The standard InChI is InChI=1S/C36H26O4/c1-23-3-7-25(8-4-23)35-31-19-15-27(37-31)11-13-29-17-21-33(39-29)36(26-9-5-24(2)6-10-26)34-22-18-30(40-34)14-12-28-16-20-32(35)38-28/h3-22H,1-2H3. The van der Waals surface area contributed by atoms with Crippen LogP contribution in [0.25, 0.3) is 66.9 Å². The van der Waals surface area contributed by atoms with E-state index in [1.165, 1.54) is 11.1 Å². The van der Waals surface area contributed by atoms with Gasteiger partial charge in [0.1, 0.15) is 44.7 Å². The van der Waals surface area contributed by atoms with E-state index in [-0.39, 0.29) is 0 Å². The summed E-state index contributed by atoms with van der Waals surface area (Å²) in [5.41, 5.74) is 11.9. The number of hydrogen-bond acceptors (Lipinski definition) is 4. The second kappa shape index (κ2) is 9.83. The van der Waals surface area contributed by atoms with E-state index in [1.54, 1.807) is 0 Å². The highest BCUT2D eigenvalue weighted by atomic mass is 16.4. The van der Waals surface area contributed by atoms with Crippen LogP contribution < -0.4 is 0 Å². The third-order valence-corrected chi connectivity index (χ3v) is 7.00. The van der Waals surface area contributed by atoms with Crippen LogP contribution in [0, 0.1) is 13.8 Å². The van der Waals surface area contributed by atoms with Crippen molar-refractivity contribution in [1.82, 2.24) is 0 Å². The number of aryl methyl sites for hydroxylation is 2. The molecule has 0 saturated carbocycles. The Hall–Kier alpha value is -5.22. The first kappa shape index (κ1) is 23.9. The van der Waals surface area contributed by atoms with Gasteiger partial charge in [-0.15, -0.1) is 0 Å². The second-order valence-electron chi connectivity index (χ2n) is 9.96. The first-order chi connectivity index (χ1) is 19.6. The molecular weight excluding hydrogens is 496 g/mol. The van der Waals surface area contributed by atoms with E-state index in [2.05, 4.69) is 62.4 Å². The smallest absolute Gasteiger partial charge is 0.139 e. The lowest BCUT2D eigenvalue weighted by molar-refractivity contribution is 0.650. The molecule has 0 aliphatic carbocycles. The summed E-state index contributed by atoms with van der Waals surface area (Å²) in [5.74, 6) is 0. The molecule has 0 aliphatic heterocycles. The summed E-state index contributed by atoms with van der Waals surface area (Å²) in [4.78, 5) is 0. The predicted octanol–water partition coefficient (Wildman–Crippen LogP) is 10.9. The molecule has 7 aromatic rings. The van der Waals surface area contributed by atoms with Crippen molar-refractivity contribution in [2.45, 2.75) is 13.8 Å². The summed E-state index contributed by atoms with van der Waals surface area (Å²) in [6, 6.07) is 40.1. The van der Waals surface area contributed by atoms with Gasteiger partial charge in [0.25, 0.3) is 0 Å². The Bertz CT molecular complexity index is 1850. The fraction of sp³-hybridized carbons (Fsp3) is 0.0556. The number of furan rings is 4. The number of benzene rings is 2. The lowest BCUT2D eigenvalue weighted by atomic mass is 10.0. The van der Waals surface area contributed by atoms with E-state index in [0.29, 0.717) is 22.3 Å². The SMILES string of the molecule is Cc1ccc(-c2c3ccc(ccc4ccc(o4)c(-c4ccc(C)cc4)c4ccc(ccc5ccc2o5)o4)o3)cc1. The lowest BCUT2D eigenvalue weighted by Gasteiger charge is -2.01. The quantitative estimate of drug-likeness (QED) is 0.227. The normalized spacial score (nSPS) is 11.2. The van der Waals surface area contributed by atoms with Crippen LogP contribution in [0.5, 0.6) is 0 Å². The van der Waals surface area contributed by atoms with Crippen LogP contribution in [-0.4, -0.2) is 0 Å². The lowest BCUT2D eigenvalue weighted by Crippen LogP contribution is -1.78. The fourth-order valence-electron chi connectivity index (χ4n) is 4.89. The van der Waals surface area contributed by atoms with E-state index in [9.17, 15) is 0 Å². The van der Waals surface area contributed by atoms with Gasteiger partial charge in [0.05, 0.1) is 11.1 Å². The summed E-state index contributed by atoms with van der Waals surface area (Å²) in [7, 11) is 0. The van der Waals surface area contributed by atoms with Crippen molar-refractivity contribution < 1.29 is 17.7 Å². The van der Waals surface area contributed by atoms with Crippen LogP contribution in [0.4, 0.5) is 0 Å². The molecular formula is C36H26O4. The van der Waals surface area contributed by atoms with Crippen molar-refractivity contribution in [1.29, 1.82) is 0 Å². The molecule has 40 heavy (non-hydrogen) atoms.